The molecule has 118 valence electrons. The maximum Gasteiger partial charge on any atom is 0.220 e. The first kappa shape index (κ1) is 16.3. The van der Waals surface area contributed by atoms with Gasteiger partial charge in [-0.3, -0.25) is 4.79 Å². The highest BCUT2D eigenvalue weighted by Gasteiger charge is 2.16. The summed E-state index contributed by atoms with van der Waals surface area (Å²) in [6, 6.07) is 6.32. The minimum absolute atomic E-state index is 0.0102. The molecule has 0 bridgehead atoms. The van der Waals surface area contributed by atoms with Crippen LogP contribution in [0.4, 0.5) is 10.1 Å². The number of hydrogen-bond acceptors (Lipinski definition) is 3. The molecule has 1 aromatic rings. The summed E-state index contributed by atoms with van der Waals surface area (Å²) in [6.45, 7) is 0.932. The van der Waals surface area contributed by atoms with Gasteiger partial charge < -0.3 is 10.6 Å². The van der Waals surface area contributed by atoms with Gasteiger partial charge in [-0.1, -0.05) is 25.3 Å². The van der Waals surface area contributed by atoms with Crippen molar-refractivity contribution in [1.82, 2.24) is 5.32 Å². The Morgan fingerprint density at radius 3 is 2.77 bits per heavy atom. The van der Waals surface area contributed by atoms with Gasteiger partial charge in [0, 0.05) is 19.5 Å². The molecule has 2 N–H and O–H groups in total. The fourth-order valence-corrected chi connectivity index (χ4v) is 2.91. The zero-order valence-electron chi connectivity index (χ0n) is 12.7. The fraction of sp³-hybridized carbons (Fsp3) is 0.529. The van der Waals surface area contributed by atoms with Crippen LogP contribution in [0.2, 0.25) is 0 Å². The number of nitrogens with one attached hydrogen (secondary N) is 2. The molecular formula is C17H22FN3O. The highest BCUT2D eigenvalue weighted by molar-refractivity contribution is 5.76. The minimum atomic E-state index is -0.533. The molecule has 1 fully saturated rings. The maximum absolute atomic E-state index is 13.4. The van der Waals surface area contributed by atoms with E-state index in [1.54, 1.807) is 12.1 Å². The van der Waals surface area contributed by atoms with Gasteiger partial charge in [0.1, 0.15) is 17.4 Å². The van der Waals surface area contributed by atoms with Crippen LogP contribution >= 0.6 is 0 Å². The summed E-state index contributed by atoms with van der Waals surface area (Å²) >= 11 is 0. The van der Waals surface area contributed by atoms with Crippen molar-refractivity contribution in [3.05, 3.63) is 29.6 Å². The largest absolute Gasteiger partial charge is 0.382 e. The normalized spacial score (nSPS) is 15.1. The van der Waals surface area contributed by atoms with Crippen LogP contribution in [0.5, 0.6) is 0 Å². The number of carbonyl (C=O) groups excluding carboxylic acids is 1. The third kappa shape index (κ3) is 4.73. The highest BCUT2D eigenvalue weighted by atomic mass is 19.1. The predicted octanol–water partition coefficient (Wildman–Crippen LogP) is 3.20. The number of rotatable bonds is 6. The Hall–Kier alpha value is -2.09. The van der Waals surface area contributed by atoms with E-state index in [1.807, 2.05) is 6.07 Å². The second-order valence-electron chi connectivity index (χ2n) is 5.76. The van der Waals surface area contributed by atoms with Crippen LogP contribution in [-0.4, -0.2) is 19.0 Å². The number of nitrogens with zero attached hydrogens (tertiary/aromatic N) is 1. The lowest BCUT2D eigenvalue weighted by Crippen LogP contribution is -2.30. The van der Waals surface area contributed by atoms with Crippen LogP contribution in [0.15, 0.2) is 18.2 Å². The molecule has 0 atom stereocenters. The Morgan fingerprint density at radius 2 is 2.05 bits per heavy atom. The van der Waals surface area contributed by atoms with Crippen molar-refractivity contribution in [3.8, 4) is 6.07 Å². The Kier molecular flexibility index (Phi) is 6.20. The molecule has 5 heteroatoms. The summed E-state index contributed by atoms with van der Waals surface area (Å²) < 4.78 is 13.4. The third-order valence-electron chi connectivity index (χ3n) is 4.09. The maximum atomic E-state index is 13.4. The van der Waals surface area contributed by atoms with Gasteiger partial charge in [0.05, 0.1) is 5.69 Å². The molecule has 0 saturated heterocycles. The van der Waals surface area contributed by atoms with Crippen LogP contribution in [-0.2, 0) is 4.79 Å². The summed E-state index contributed by atoms with van der Waals surface area (Å²) in [6.07, 6.45) is 6.66. The lowest BCUT2D eigenvalue weighted by Gasteiger charge is -2.20. The summed E-state index contributed by atoms with van der Waals surface area (Å²) in [5, 5.41) is 14.8. The van der Waals surface area contributed by atoms with Crippen molar-refractivity contribution in [2.24, 2.45) is 5.92 Å². The van der Waals surface area contributed by atoms with Crippen LogP contribution in [0.25, 0.3) is 0 Å². The molecule has 0 heterocycles. The van der Waals surface area contributed by atoms with Crippen molar-refractivity contribution in [2.45, 2.75) is 38.5 Å². The molecular weight excluding hydrogens is 281 g/mol. The first-order valence-electron chi connectivity index (χ1n) is 7.90. The quantitative estimate of drug-likeness (QED) is 0.793. The average Bonchev–Trinajstić information content (AvgIpc) is 2.52. The summed E-state index contributed by atoms with van der Waals surface area (Å²) in [7, 11) is 0. The monoisotopic (exact) mass is 303 g/mol. The molecule has 0 aliphatic heterocycles. The third-order valence-corrected chi connectivity index (χ3v) is 4.09. The standard InChI is InChI=1S/C17H22FN3O/c18-15-7-4-8-16(14(15)12-19)20-9-10-21-17(22)11-13-5-2-1-3-6-13/h4,7-8,13,20H,1-3,5-6,9-11H2,(H,21,22). The van der Waals surface area contributed by atoms with E-state index in [0.29, 0.717) is 31.1 Å². The van der Waals surface area contributed by atoms with E-state index >= 15 is 0 Å². The smallest absolute Gasteiger partial charge is 0.220 e. The molecule has 2 rings (SSSR count). The molecule has 22 heavy (non-hydrogen) atoms. The minimum Gasteiger partial charge on any atom is -0.382 e. The zero-order chi connectivity index (χ0) is 15.8. The molecule has 0 unspecified atom stereocenters. The highest BCUT2D eigenvalue weighted by Crippen LogP contribution is 2.26. The number of halogens is 1. The van der Waals surface area contributed by atoms with E-state index in [2.05, 4.69) is 10.6 Å². The number of benzene rings is 1. The molecule has 1 aliphatic rings. The van der Waals surface area contributed by atoms with Crippen LogP contribution in [0.1, 0.15) is 44.1 Å². The second-order valence-corrected chi connectivity index (χ2v) is 5.76. The first-order valence-corrected chi connectivity index (χ1v) is 7.90. The van der Waals surface area contributed by atoms with Gasteiger partial charge in [0.15, 0.2) is 0 Å². The second kappa shape index (κ2) is 8.38. The zero-order valence-corrected chi connectivity index (χ0v) is 12.7. The van der Waals surface area contributed by atoms with Gasteiger partial charge in [0.2, 0.25) is 5.91 Å². The van der Waals surface area contributed by atoms with E-state index in [1.165, 1.54) is 25.3 Å². The SMILES string of the molecule is N#Cc1c(F)cccc1NCCNC(=O)CC1CCCCC1. The topological polar surface area (TPSA) is 64.9 Å². The Balaban J connectivity index is 1.70. The number of carbonyl (C=O) groups is 1. The molecule has 1 amide bonds. The van der Waals surface area contributed by atoms with Crippen LogP contribution < -0.4 is 10.6 Å². The Bertz CT molecular complexity index is 547. The first-order chi connectivity index (χ1) is 10.7. The lowest BCUT2D eigenvalue weighted by atomic mass is 9.87. The predicted molar refractivity (Wildman–Crippen MR) is 83.8 cm³/mol. The lowest BCUT2D eigenvalue weighted by molar-refractivity contribution is -0.122. The van der Waals surface area contributed by atoms with Crippen molar-refractivity contribution in [3.63, 3.8) is 0 Å². The summed E-state index contributed by atoms with van der Waals surface area (Å²) in [5.41, 5.74) is 0.472. The molecule has 1 aliphatic carbocycles. The van der Waals surface area contributed by atoms with E-state index in [0.717, 1.165) is 12.8 Å². The molecule has 0 radical (unpaired) electrons. The average molecular weight is 303 g/mol. The molecule has 0 spiro atoms. The summed E-state index contributed by atoms with van der Waals surface area (Å²) in [4.78, 5) is 11.8. The number of anilines is 1. The summed E-state index contributed by atoms with van der Waals surface area (Å²) in [5.74, 6) is 0.0670. The van der Waals surface area contributed by atoms with Gasteiger partial charge in [-0.25, -0.2) is 4.39 Å². The molecule has 4 nitrogen and oxygen atoms in total. The van der Waals surface area contributed by atoms with Crippen molar-refractivity contribution in [2.75, 3.05) is 18.4 Å². The van der Waals surface area contributed by atoms with E-state index in [9.17, 15) is 9.18 Å². The van der Waals surface area contributed by atoms with Gasteiger partial charge in [-0.15, -0.1) is 0 Å². The van der Waals surface area contributed by atoms with Gasteiger partial charge in [-0.2, -0.15) is 5.26 Å². The Labute approximate surface area is 130 Å². The fourth-order valence-electron chi connectivity index (χ4n) is 2.91. The number of amides is 1. The number of nitriles is 1. The van der Waals surface area contributed by atoms with Gasteiger partial charge in [-0.05, 0) is 30.9 Å². The van der Waals surface area contributed by atoms with E-state index < -0.39 is 5.82 Å². The van der Waals surface area contributed by atoms with Crippen LogP contribution in [0, 0.1) is 23.1 Å². The van der Waals surface area contributed by atoms with E-state index in [4.69, 9.17) is 5.26 Å². The van der Waals surface area contributed by atoms with E-state index in [-0.39, 0.29) is 11.5 Å². The molecule has 0 aromatic heterocycles. The Morgan fingerprint density at radius 1 is 1.27 bits per heavy atom. The van der Waals surface area contributed by atoms with Crippen molar-refractivity contribution in [1.29, 1.82) is 5.26 Å². The molecule has 1 saturated carbocycles. The van der Waals surface area contributed by atoms with Crippen molar-refractivity contribution >= 4 is 11.6 Å². The number of hydrogen-bond donors (Lipinski definition) is 2. The van der Waals surface area contributed by atoms with Gasteiger partial charge >= 0.3 is 0 Å². The van der Waals surface area contributed by atoms with Crippen molar-refractivity contribution < 1.29 is 9.18 Å². The van der Waals surface area contributed by atoms with Gasteiger partial charge in [0.25, 0.3) is 0 Å². The van der Waals surface area contributed by atoms with Crippen LogP contribution in [0.3, 0.4) is 0 Å². The molecule has 1 aromatic carbocycles.